The number of hydrogen-bond donors (Lipinski definition) is 0. The van der Waals surface area contributed by atoms with E-state index >= 15 is 0 Å². The van der Waals surface area contributed by atoms with Crippen molar-refractivity contribution in [2.75, 3.05) is 39.3 Å². The van der Waals surface area contributed by atoms with Gasteiger partial charge in [-0.3, -0.25) is 24.1 Å². The zero-order valence-electron chi connectivity index (χ0n) is 18.0. The second-order valence-corrected chi connectivity index (χ2v) is 7.75. The topological polar surface area (TPSA) is 87.2 Å². The highest BCUT2D eigenvalue weighted by Crippen LogP contribution is 2.22. The number of carbonyl (C=O) groups is 4. The van der Waals surface area contributed by atoms with Gasteiger partial charge in [0.15, 0.2) is 6.61 Å². The highest BCUT2D eigenvalue weighted by molar-refractivity contribution is 6.22. The number of fused-ring (bicyclic) bond motifs is 1. The van der Waals surface area contributed by atoms with Gasteiger partial charge in [0.1, 0.15) is 12.3 Å². The minimum absolute atomic E-state index is 0.0556. The van der Waals surface area contributed by atoms with Crippen molar-refractivity contribution in [1.29, 1.82) is 0 Å². The van der Waals surface area contributed by atoms with Crippen molar-refractivity contribution in [2.45, 2.75) is 13.3 Å². The summed E-state index contributed by atoms with van der Waals surface area (Å²) < 4.78 is 5.71. The minimum atomic E-state index is -0.447. The summed E-state index contributed by atoms with van der Waals surface area (Å²) in [4.78, 5) is 54.4. The van der Waals surface area contributed by atoms with Gasteiger partial charge in [-0.05, 0) is 30.2 Å². The molecule has 166 valence electrons. The Bertz CT molecular complexity index is 1020. The van der Waals surface area contributed by atoms with Crippen LogP contribution in [-0.4, -0.2) is 77.7 Å². The molecule has 0 aliphatic carbocycles. The SMILES string of the molecule is CCc1ccccc1OCC(=O)N1CCN(C(=O)CN2C(=O)c3ccccc3C2=O)CC1. The van der Waals surface area contributed by atoms with Crippen LogP contribution in [0.1, 0.15) is 33.2 Å². The van der Waals surface area contributed by atoms with Crippen LogP contribution in [0.2, 0.25) is 0 Å². The van der Waals surface area contributed by atoms with Crippen LogP contribution in [0.5, 0.6) is 5.75 Å². The van der Waals surface area contributed by atoms with Crippen LogP contribution >= 0.6 is 0 Å². The smallest absolute Gasteiger partial charge is 0.262 e. The third kappa shape index (κ3) is 4.21. The minimum Gasteiger partial charge on any atom is -0.483 e. The molecule has 32 heavy (non-hydrogen) atoms. The molecule has 0 saturated carbocycles. The predicted molar refractivity (Wildman–Crippen MR) is 116 cm³/mol. The highest BCUT2D eigenvalue weighted by Gasteiger charge is 2.37. The van der Waals surface area contributed by atoms with Crippen molar-refractivity contribution in [3.63, 3.8) is 0 Å². The summed E-state index contributed by atoms with van der Waals surface area (Å²) in [5.74, 6) is -0.629. The Kier molecular flexibility index (Phi) is 6.20. The van der Waals surface area contributed by atoms with E-state index in [9.17, 15) is 19.2 Å². The highest BCUT2D eigenvalue weighted by atomic mass is 16.5. The number of ether oxygens (including phenoxy) is 1. The van der Waals surface area contributed by atoms with E-state index in [1.54, 1.807) is 34.1 Å². The molecule has 0 N–H and O–H groups in total. The molecule has 0 spiro atoms. The Morgan fingerprint density at radius 2 is 1.34 bits per heavy atom. The summed E-state index contributed by atoms with van der Waals surface area (Å²) in [6, 6.07) is 14.2. The maximum Gasteiger partial charge on any atom is 0.262 e. The molecule has 2 aliphatic heterocycles. The first-order chi connectivity index (χ1) is 15.5. The number of nitrogens with zero attached hydrogens (tertiary/aromatic N) is 3. The quantitative estimate of drug-likeness (QED) is 0.644. The average Bonchev–Trinajstić information content (AvgIpc) is 3.07. The largest absolute Gasteiger partial charge is 0.483 e. The van der Waals surface area contributed by atoms with Crippen LogP contribution in [0.15, 0.2) is 48.5 Å². The van der Waals surface area contributed by atoms with Gasteiger partial charge in [0, 0.05) is 26.2 Å². The van der Waals surface area contributed by atoms with Gasteiger partial charge < -0.3 is 14.5 Å². The summed E-state index contributed by atoms with van der Waals surface area (Å²) in [5, 5.41) is 0. The number of amides is 4. The van der Waals surface area contributed by atoms with Crippen LogP contribution in [0.3, 0.4) is 0 Å². The van der Waals surface area contributed by atoms with Gasteiger partial charge in [0.25, 0.3) is 17.7 Å². The molecule has 8 heteroatoms. The summed E-state index contributed by atoms with van der Waals surface area (Å²) >= 11 is 0. The molecular weight excluding hydrogens is 410 g/mol. The Hall–Kier alpha value is -3.68. The lowest BCUT2D eigenvalue weighted by molar-refractivity contribution is -0.140. The maximum atomic E-state index is 12.7. The lowest BCUT2D eigenvalue weighted by Crippen LogP contribution is -2.53. The fourth-order valence-corrected chi connectivity index (χ4v) is 3.99. The molecule has 2 heterocycles. The van der Waals surface area contributed by atoms with E-state index in [4.69, 9.17) is 4.74 Å². The Morgan fingerprint density at radius 3 is 1.94 bits per heavy atom. The average molecular weight is 435 g/mol. The first-order valence-corrected chi connectivity index (χ1v) is 10.7. The summed E-state index contributed by atoms with van der Waals surface area (Å²) in [6.07, 6.45) is 0.818. The molecule has 0 atom stereocenters. The van der Waals surface area contributed by atoms with Gasteiger partial charge >= 0.3 is 0 Å². The first-order valence-electron chi connectivity index (χ1n) is 10.7. The summed E-state index contributed by atoms with van der Waals surface area (Å²) in [5.41, 5.74) is 1.69. The zero-order valence-corrected chi connectivity index (χ0v) is 18.0. The van der Waals surface area contributed by atoms with E-state index in [1.807, 2.05) is 31.2 Å². The van der Waals surface area contributed by atoms with Crippen LogP contribution in [0.25, 0.3) is 0 Å². The standard InChI is InChI=1S/C24H25N3O5/c1-2-17-7-3-6-10-20(17)32-16-22(29)26-13-11-25(12-14-26)21(28)15-27-23(30)18-8-4-5-9-19(18)24(27)31/h3-10H,2,11-16H2,1H3. The van der Waals surface area contributed by atoms with Crippen molar-refractivity contribution in [2.24, 2.45) is 0 Å². The molecule has 1 saturated heterocycles. The number of carbonyl (C=O) groups excluding carboxylic acids is 4. The number of rotatable bonds is 6. The van der Waals surface area contributed by atoms with Gasteiger partial charge in [-0.25, -0.2) is 0 Å². The molecule has 0 radical (unpaired) electrons. The van der Waals surface area contributed by atoms with E-state index in [2.05, 4.69) is 0 Å². The monoisotopic (exact) mass is 435 g/mol. The Morgan fingerprint density at radius 1 is 0.812 bits per heavy atom. The molecule has 2 aromatic rings. The first kappa shape index (κ1) is 21.5. The lowest BCUT2D eigenvalue weighted by Gasteiger charge is -2.35. The maximum absolute atomic E-state index is 12.7. The van der Waals surface area contributed by atoms with Crippen LogP contribution in [0.4, 0.5) is 0 Å². The Balaban J connectivity index is 1.27. The molecule has 8 nitrogen and oxygen atoms in total. The second-order valence-electron chi connectivity index (χ2n) is 7.75. The molecular formula is C24H25N3O5. The van der Waals surface area contributed by atoms with Gasteiger partial charge in [-0.15, -0.1) is 0 Å². The number of para-hydroxylation sites is 1. The normalized spacial score (nSPS) is 15.7. The van der Waals surface area contributed by atoms with Gasteiger partial charge in [0.2, 0.25) is 5.91 Å². The number of hydrogen-bond acceptors (Lipinski definition) is 5. The van der Waals surface area contributed by atoms with E-state index in [0.717, 1.165) is 16.9 Å². The predicted octanol–water partition coefficient (Wildman–Crippen LogP) is 1.59. The number of benzene rings is 2. The Labute approximate surface area is 186 Å². The lowest BCUT2D eigenvalue weighted by atomic mass is 10.1. The van der Waals surface area contributed by atoms with E-state index < -0.39 is 11.8 Å². The number of aryl methyl sites for hydroxylation is 1. The third-order valence-electron chi connectivity index (χ3n) is 5.86. The molecule has 0 unspecified atom stereocenters. The van der Waals surface area contributed by atoms with Crippen LogP contribution in [-0.2, 0) is 16.0 Å². The zero-order chi connectivity index (χ0) is 22.7. The van der Waals surface area contributed by atoms with Crippen molar-refractivity contribution in [3.8, 4) is 5.75 Å². The number of piperazine rings is 1. The molecule has 2 aromatic carbocycles. The molecule has 4 amide bonds. The molecule has 0 bridgehead atoms. The van der Waals surface area contributed by atoms with E-state index in [0.29, 0.717) is 43.1 Å². The third-order valence-corrected chi connectivity index (χ3v) is 5.86. The van der Waals surface area contributed by atoms with Gasteiger partial charge in [-0.2, -0.15) is 0 Å². The summed E-state index contributed by atoms with van der Waals surface area (Å²) in [7, 11) is 0. The van der Waals surface area contributed by atoms with Crippen molar-refractivity contribution < 1.29 is 23.9 Å². The van der Waals surface area contributed by atoms with Crippen molar-refractivity contribution in [3.05, 3.63) is 65.2 Å². The van der Waals surface area contributed by atoms with Gasteiger partial charge in [0.05, 0.1) is 11.1 Å². The molecule has 4 rings (SSSR count). The van der Waals surface area contributed by atoms with Crippen molar-refractivity contribution in [1.82, 2.24) is 14.7 Å². The van der Waals surface area contributed by atoms with Crippen molar-refractivity contribution >= 4 is 23.6 Å². The summed E-state index contributed by atoms with van der Waals surface area (Å²) in [6.45, 7) is 3.13. The molecule has 0 aromatic heterocycles. The number of imide groups is 1. The van der Waals surface area contributed by atoms with Gasteiger partial charge in [-0.1, -0.05) is 37.3 Å². The second kappa shape index (κ2) is 9.21. The van der Waals surface area contributed by atoms with Crippen LogP contribution < -0.4 is 4.74 Å². The van der Waals surface area contributed by atoms with E-state index in [1.165, 1.54) is 0 Å². The molecule has 1 fully saturated rings. The fourth-order valence-electron chi connectivity index (χ4n) is 3.99. The fraction of sp³-hybridized carbons (Fsp3) is 0.333. The van der Waals surface area contributed by atoms with Crippen LogP contribution in [0, 0.1) is 0 Å². The van der Waals surface area contributed by atoms with E-state index in [-0.39, 0.29) is 25.0 Å². The molecule has 2 aliphatic rings.